The van der Waals surface area contributed by atoms with E-state index in [1.807, 2.05) is 13.8 Å². The molecule has 6 nitrogen and oxygen atoms in total. The third-order valence-corrected chi connectivity index (χ3v) is 3.78. The highest BCUT2D eigenvalue weighted by molar-refractivity contribution is 5.92. The van der Waals surface area contributed by atoms with Gasteiger partial charge in [0.25, 0.3) is 5.91 Å². The Labute approximate surface area is 138 Å². The SMILES string of the molecule is CCN(CC)C(=O)COc1cccc(NC(=O)C(C)C(C)N)c1. The summed E-state index contributed by atoms with van der Waals surface area (Å²) in [6.45, 7) is 8.73. The fourth-order valence-electron chi connectivity index (χ4n) is 1.97. The molecule has 0 aliphatic heterocycles. The van der Waals surface area contributed by atoms with Gasteiger partial charge in [0.1, 0.15) is 5.75 Å². The molecule has 2 amide bonds. The Balaban J connectivity index is 2.63. The summed E-state index contributed by atoms with van der Waals surface area (Å²) in [5, 5.41) is 2.80. The van der Waals surface area contributed by atoms with Crippen LogP contribution in [0.3, 0.4) is 0 Å². The van der Waals surface area contributed by atoms with Crippen molar-refractivity contribution in [2.75, 3.05) is 25.0 Å². The number of amides is 2. The first-order valence-corrected chi connectivity index (χ1v) is 7.96. The number of rotatable bonds is 8. The molecule has 2 unspecified atom stereocenters. The Morgan fingerprint density at radius 1 is 1.26 bits per heavy atom. The summed E-state index contributed by atoms with van der Waals surface area (Å²) in [5.41, 5.74) is 6.35. The molecule has 6 heteroatoms. The minimum Gasteiger partial charge on any atom is -0.484 e. The molecule has 0 bridgehead atoms. The smallest absolute Gasteiger partial charge is 0.260 e. The van der Waals surface area contributed by atoms with Crippen LogP contribution in [0.25, 0.3) is 0 Å². The normalized spacial score (nSPS) is 13.1. The Morgan fingerprint density at radius 3 is 2.48 bits per heavy atom. The van der Waals surface area contributed by atoms with Crippen molar-refractivity contribution in [1.29, 1.82) is 0 Å². The van der Waals surface area contributed by atoms with Crippen LogP contribution in [0.4, 0.5) is 5.69 Å². The van der Waals surface area contributed by atoms with Crippen LogP contribution >= 0.6 is 0 Å². The Morgan fingerprint density at radius 2 is 1.91 bits per heavy atom. The van der Waals surface area contributed by atoms with Crippen molar-refractivity contribution >= 4 is 17.5 Å². The molecule has 0 aliphatic carbocycles. The summed E-state index contributed by atoms with van der Waals surface area (Å²) in [7, 11) is 0. The molecule has 0 spiro atoms. The lowest BCUT2D eigenvalue weighted by Gasteiger charge is -2.19. The van der Waals surface area contributed by atoms with E-state index in [9.17, 15) is 9.59 Å². The van der Waals surface area contributed by atoms with E-state index < -0.39 is 0 Å². The number of nitrogens with zero attached hydrogens (tertiary/aromatic N) is 1. The van der Waals surface area contributed by atoms with Gasteiger partial charge in [0, 0.05) is 30.9 Å². The van der Waals surface area contributed by atoms with Crippen molar-refractivity contribution in [2.45, 2.75) is 33.7 Å². The van der Waals surface area contributed by atoms with Crippen molar-refractivity contribution in [2.24, 2.45) is 11.7 Å². The maximum absolute atomic E-state index is 12.0. The van der Waals surface area contributed by atoms with E-state index in [-0.39, 0.29) is 30.4 Å². The summed E-state index contributed by atoms with van der Waals surface area (Å²) in [4.78, 5) is 25.6. The van der Waals surface area contributed by atoms with Gasteiger partial charge in [-0.2, -0.15) is 0 Å². The maximum Gasteiger partial charge on any atom is 0.260 e. The molecule has 0 saturated heterocycles. The molecule has 1 aromatic carbocycles. The lowest BCUT2D eigenvalue weighted by atomic mass is 10.0. The number of anilines is 1. The highest BCUT2D eigenvalue weighted by Gasteiger charge is 2.17. The number of nitrogens with one attached hydrogen (secondary N) is 1. The van der Waals surface area contributed by atoms with Gasteiger partial charge < -0.3 is 20.7 Å². The molecule has 0 aliphatic rings. The molecular weight excluding hydrogens is 294 g/mol. The third-order valence-electron chi connectivity index (χ3n) is 3.78. The van der Waals surface area contributed by atoms with Crippen LogP contribution < -0.4 is 15.8 Å². The van der Waals surface area contributed by atoms with E-state index in [0.717, 1.165) is 0 Å². The number of hydrogen-bond acceptors (Lipinski definition) is 4. The van der Waals surface area contributed by atoms with Gasteiger partial charge in [-0.05, 0) is 32.9 Å². The monoisotopic (exact) mass is 321 g/mol. The number of nitrogens with two attached hydrogens (primary N) is 1. The fraction of sp³-hybridized carbons (Fsp3) is 0.529. The molecule has 1 aromatic rings. The van der Waals surface area contributed by atoms with E-state index in [4.69, 9.17) is 10.5 Å². The zero-order chi connectivity index (χ0) is 17.4. The number of ether oxygens (including phenoxy) is 1. The first-order chi connectivity index (χ1) is 10.9. The molecule has 2 atom stereocenters. The molecule has 0 saturated carbocycles. The molecule has 0 radical (unpaired) electrons. The molecule has 0 aromatic heterocycles. The summed E-state index contributed by atoms with van der Waals surface area (Å²) in [6.07, 6.45) is 0. The van der Waals surface area contributed by atoms with Gasteiger partial charge in [0.05, 0.1) is 5.92 Å². The average Bonchev–Trinajstić information content (AvgIpc) is 2.53. The average molecular weight is 321 g/mol. The van der Waals surface area contributed by atoms with E-state index in [2.05, 4.69) is 5.32 Å². The van der Waals surface area contributed by atoms with Crippen LogP contribution in [0.1, 0.15) is 27.7 Å². The Hall–Kier alpha value is -2.08. The third kappa shape index (κ3) is 5.90. The second kappa shape index (κ2) is 9.15. The van der Waals surface area contributed by atoms with Crippen LogP contribution in [-0.2, 0) is 9.59 Å². The van der Waals surface area contributed by atoms with E-state index in [1.165, 1.54) is 0 Å². The van der Waals surface area contributed by atoms with Crippen LogP contribution in [0.2, 0.25) is 0 Å². The van der Waals surface area contributed by atoms with E-state index in [1.54, 1.807) is 43.0 Å². The van der Waals surface area contributed by atoms with Crippen molar-refractivity contribution in [3.63, 3.8) is 0 Å². The minimum absolute atomic E-state index is 0.0185. The topological polar surface area (TPSA) is 84.7 Å². The number of carbonyl (C=O) groups excluding carboxylic acids is 2. The van der Waals surface area contributed by atoms with Gasteiger partial charge in [-0.25, -0.2) is 0 Å². The zero-order valence-electron chi connectivity index (χ0n) is 14.3. The molecule has 1 rings (SSSR count). The van der Waals surface area contributed by atoms with Crippen LogP contribution in [0, 0.1) is 5.92 Å². The second-order valence-electron chi connectivity index (χ2n) is 5.52. The second-order valence-corrected chi connectivity index (χ2v) is 5.52. The van der Waals surface area contributed by atoms with Gasteiger partial charge >= 0.3 is 0 Å². The van der Waals surface area contributed by atoms with Crippen molar-refractivity contribution < 1.29 is 14.3 Å². The van der Waals surface area contributed by atoms with Crippen LogP contribution in [0.5, 0.6) is 5.75 Å². The van der Waals surface area contributed by atoms with Crippen LogP contribution in [0.15, 0.2) is 24.3 Å². The first-order valence-electron chi connectivity index (χ1n) is 7.96. The zero-order valence-corrected chi connectivity index (χ0v) is 14.3. The van der Waals surface area contributed by atoms with Gasteiger partial charge in [-0.15, -0.1) is 0 Å². The predicted molar refractivity (Wildman–Crippen MR) is 91.3 cm³/mol. The lowest BCUT2D eigenvalue weighted by Crippen LogP contribution is -2.34. The van der Waals surface area contributed by atoms with Crippen LogP contribution in [-0.4, -0.2) is 42.5 Å². The number of hydrogen-bond donors (Lipinski definition) is 2. The van der Waals surface area contributed by atoms with Gasteiger partial charge in [0.2, 0.25) is 5.91 Å². The molecule has 23 heavy (non-hydrogen) atoms. The molecule has 3 N–H and O–H groups in total. The molecular formula is C17H27N3O3. The van der Waals surface area contributed by atoms with Crippen molar-refractivity contribution in [1.82, 2.24) is 4.90 Å². The molecule has 0 heterocycles. The maximum atomic E-state index is 12.0. The lowest BCUT2D eigenvalue weighted by molar-refractivity contribution is -0.133. The Bertz CT molecular complexity index is 528. The predicted octanol–water partition coefficient (Wildman–Crippen LogP) is 1.86. The first kappa shape index (κ1) is 19.0. The summed E-state index contributed by atoms with van der Waals surface area (Å²) < 4.78 is 5.52. The highest BCUT2D eigenvalue weighted by atomic mass is 16.5. The molecule has 0 fully saturated rings. The Kier molecular flexibility index (Phi) is 7.54. The summed E-state index contributed by atoms with van der Waals surface area (Å²) >= 11 is 0. The number of benzene rings is 1. The van der Waals surface area contributed by atoms with Gasteiger partial charge in [0.15, 0.2) is 6.61 Å². The molecule has 128 valence electrons. The van der Waals surface area contributed by atoms with Crippen molar-refractivity contribution in [3.05, 3.63) is 24.3 Å². The van der Waals surface area contributed by atoms with E-state index >= 15 is 0 Å². The standard InChI is InChI=1S/C17H27N3O3/c1-5-20(6-2)16(21)11-23-15-9-7-8-14(10-15)19-17(22)12(3)13(4)18/h7-10,12-13H,5-6,11,18H2,1-4H3,(H,19,22). The number of carbonyl (C=O) groups is 2. The minimum atomic E-state index is -0.288. The van der Waals surface area contributed by atoms with E-state index in [0.29, 0.717) is 24.5 Å². The summed E-state index contributed by atoms with van der Waals surface area (Å²) in [6, 6.07) is 6.76. The largest absolute Gasteiger partial charge is 0.484 e. The highest BCUT2D eigenvalue weighted by Crippen LogP contribution is 2.18. The number of likely N-dealkylation sites (N-methyl/N-ethyl adjacent to an activating group) is 1. The summed E-state index contributed by atoms with van der Waals surface area (Å²) in [5.74, 6) is 0.0481. The van der Waals surface area contributed by atoms with Gasteiger partial charge in [-0.1, -0.05) is 13.0 Å². The quantitative estimate of drug-likeness (QED) is 0.765. The van der Waals surface area contributed by atoms with Gasteiger partial charge in [-0.3, -0.25) is 9.59 Å². The fourth-order valence-corrected chi connectivity index (χ4v) is 1.97. The van der Waals surface area contributed by atoms with Crippen molar-refractivity contribution in [3.8, 4) is 5.75 Å².